The number of fused-ring (bicyclic) bond motifs is 2. The second-order valence-corrected chi connectivity index (χ2v) is 16.0. The van der Waals surface area contributed by atoms with Crippen LogP contribution in [0.4, 0.5) is 14.0 Å². The van der Waals surface area contributed by atoms with E-state index in [-0.39, 0.29) is 63.0 Å². The van der Waals surface area contributed by atoms with Crippen molar-refractivity contribution in [2.24, 2.45) is 22.9 Å². The lowest BCUT2D eigenvalue weighted by Crippen LogP contribution is -2.70. The van der Waals surface area contributed by atoms with Crippen molar-refractivity contribution >= 4 is 29.5 Å². The molecule has 2 fully saturated rings. The van der Waals surface area contributed by atoms with Gasteiger partial charge in [0, 0.05) is 50.6 Å². The smallest absolute Gasteiger partial charge is 0.412 e. The normalized spacial score (nSPS) is 26.1. The molecule has 60 heavy (non-hydrogen) atoms. The van der Waals surface area contributed by atoms with E-state index in [9.17, 15) is 24.2 Å². The summed E-state index contributed by atoms with van der Waals surface area (Å²) in [6, 6.07) is 10.3. The number of carbonyl (C=O) groups is 2. The van der Waals surface area contributed by atoms with E-state index < -0.39 is 42.0 Å². The minimum absolute atomic E-state index is 0.000814. The number of hydrogen-bond donors (Lipinski definition) is 3. The summed E-state index contributed by atoms with van der Waals surface area (Å²) in [4.78, 5) is 34.9. The molecular weight excluding hydrogens is 797 g/mol. The molecule has 4 aliphatic rings. The Morgan fingerprint density at radius 1 is 1.10 bits per heavy atom. The van der Waals surface area contributed by atoms with Gasteiger partial charge in [0.1, 0.15) is 30.0 Å². The maximum atomic E-state index is 14.4. The number of ether oxygens (including phenoxy) is 5. The van der Waals surface area contributed by atoms with Gasteiger partial charge in [-0.15, -0.1) is 18.2 Å². The molecule has 2 aromatic carbocycles. The van der Waals surface area contributed by atoms with E-state index in [2.05, 4.69) is 18.0 Å². The molecule has 0 aromatic heterocycles. The highest BCUT2D eigenvalue weighted by atomic mass is 35.5. The Labute approximate surface area is 356 Å². The van der Waals surface area contributed by atoms with Crippen LogP contribution in [0.3, 0.4) is 0 Å². The molecule has 7 unspecified atom stereocenters. The number of amides is 2. The van der Waals surface area contributed by atoms with Gasteiger partial charge in [0.05, 0.1) is 30.7 Å². The number of halogens is 2. The molecule has 6 rings (SSSR count). The summed E-state index contributed by atoms with van der Waals surface area (Å²) in [7, 11) is 0. The van der Waals surface area contributed by atoms with E-state index in [0.717, 1.165) is 43.2 Å². The Bertz CT molecular complexity index is 1810. The fraction of sp³-hybridized carbons (Fsp3) is 0.578. The topological polar surface area (TPSA) is 158 Å². The van der Waals surface area contributed by atoms with Crippen LogP contribution in [0.5, 0.6) is 11.5 Å². The number of nitrogens with one attached hydrogen (secondary N) is 1. The first-order valence-electron chi connectivity index (χ1n) is 21.3. The monoisotopic (exact) mass is 855 g/mol. The third kappa shape index (κ3) is 10.6. The second-order valence-electron chi connectivity index (χ2n) is 15.7. The number of unbranched alkanes of at least 4 members (excludes halogenated alkanes) is 2. The van der Waals surface area contributed by atoms with Crippen LogP contribution in [0.1, 0.15) is 88.2 Å². The van der Waals surface area contributed by atoms with Gasteiger partial charge >= 0.3 is 12.2 Å². The zero-order valence-corrected chi connectivity index (χ0v) is 35.2. The van der Waals surface area contributed by atoms with Gasteiger partial charge in [0.25, 0.3) is 0 Å². The number of benzene rings is 2. The van der Waals surface area contributed by atoms with Gasteiger partial charge in [0.2, 0.25) is 12.1 Å². The highest BCUT2D eigenvalue weighted by molar-refractivity contribution is 6.18. The number of aliphatic hydroxyl groups is 2. The summed E-state index contributed by atoms with van der Waals surface area (Å²) >= 11 is 6.05. The zero-order valence-electron chi connectivity index (χ0n) is 34.4. The lowest BCUT2D eigenvalue weighted by atomic mass is 9.55. The van der Waals surface area contributed by atoms with Gasteiger partial charge in [-0.3, -0.25) is 4.90 Å². The summed E-state index contributed by atoms with van der Waals surface area (Å²) < 4.78 is 45.9. The SMILES string of the molecule is C=CCOC12Oc3ccc(OC(=O)NCC)cc3C3C(CCCCO)C(CCCCO)C=C(C(=NOC4CCCCO4)CC1N(Cc1ccc(F)cc1)C(=O)OCCCl)C32. The Balaban J connectivity index is 1.60. The summed E-state index contributed by atoms with van der Waals surface area (Å²) in [5.74, 6) is -2.18. The Morgan fingerprint density at radius 2 is 1.88 bits per heavy atom. The summed E-state index contributed by atoms with van der Waals surface area (Å²) in [6.07, 6.45) is 8.87. The van der Waals surface area contributed by atoms with E-state index >= 15 is 0 Å². The van der Waals surface area contributed by atoms with Gasteiger partial charge in [-0.2, -0.15) is 0 Å². The average Bonchev–Trinajstić information content (AvgIpc) is 3.25. The number of alkyl halides is 1. The van der Waals surface area contributed by atoms with Crippen molar-refractivity contribution in [3.05, 3.63) is 83.7 Å². The zero-order chi connectivity index (χ0) is 42.5. The van der Waals surface area contributed by atoms with Crippen LogP contribution in [0.2, 0.25) is 0 Å². The predicted octanol–water partition coefficient (Wildman–Crippen LogP) is 7.97. The molecule has 328 valence electrons. The van der Waals surface area contributed by atoms with E-state index in [1.54, 1.807) is 35.2 Å². The molecule has 3 N–H and O–H groups in total. The van der Waals surface area contributed by atoms with Gasteiger partial charge in [0.15, 0.2) is 0 Å². The van der Waals surface area contributed by atoms with E-state index in [0.29, 0.717) is 61.6 Å². The van der Waals surface area contributed by atoms with Crippen LogP contribution in [0.15, 0.2) is 71.9 Å². The Hall–Kier alpha value is -4.21. The number of aliphatic hydroxyl groups excluding tert-OH is 2. The van der Waals surface area contributed by atoms with Crippen molar-refractivity contribution in [1.29, 1.82) is 0 Å². The van der Waals surface area contributed by atoms with Crippen molar-refractivity contribution in [3.8, 4) is 11.5 Å². The molecule has 2 amide bonds. The van der Waals surface area contributed by atoms with E-state index in [1.807, 2.05) is 13.0 Å². The van der Waals surface area contributed by atoms with Crippen molar-refractivity contribution in [2.45, 2.75) is 102 Å². The predicted molar refractivity (Wildman–Crippen MR) is 223 cm³/mol. The highest BCUT2D eigenvalue weighted by Gasteiger charge is 2.65. The summed E-state index contributed by atoms with van der Waals surface area (Å²) in [6.45, 7) is 6.82. The standard InChI is InChI=1S/C45H59ClFN3O10/c1-3-23-57-45-39(50(44(54)56-25-20-46)29-30-14-16-32(47)17-15-30)28-37(49-60-40-13-7-10-24-55-40)35-26-31(11-5-8-21-51)34(12-6-9-22-52)41(42(35)45)36-27-33(18-19-38(36)59-45)58-43(53)48-4-2/h3,14-19,26-27,31,34,39-42,51-52H,1,4-13,20-25,28-29H2,2H3,(H,48,53). The van der Waals surface area contributed by atoms with Crippen LogP contribution in [-0.2, 0) is 25.6 Å². The number of allylic oxidation sites excluding steroid dienone is 1. The largest absolute Gasteiger partial charge is 0.459 e. The first kappa shape index (κ1) is 45.3. The highest BCUT2D eigenvalue weighted by Crippen LogP contribution is 2.62. The molecule has 15 heteroatoms. The third-order valence-corrected chi connectivity index (χ3v) is 11.9. The fourth-order valence-corrected chi connectivity index (χ4v) is 9.29. The number of nitrogens with zero attached hydrogens (tertiary/aromatic N) is 2. The maximum absolute atomic E-state index is 14.4. The number of hydrogen-bond acceptors (Lipinski definition) is 11. The molecule has 13 nitrogen and oxygen atoms in total. The minimum Gasteiger partial charge on any atom is -0.459 e. The quantitative estimate of drug-likeness (QED) is 0.0517. The molecule has 0 spiro atoms. The van der Waals surface area contributed by atoms with Crippen LogP contribution in [0, 0.1) is 23.6 Å². The van der Waals surface area contributed by atoms with Crippen LogP contribution in [-0.4, -0.2) is 96.6 Å². The molecule has 0 radical (unpaired) electrons. The maximum Gasteiger partial charge on any atom is 0.412 e. The lowest BCUT2D eigenvalue weighted by Gasteiger charge is -2.59. The van der Waals surface area contributed by atoms with Crippen molar-refractivity contribution in [2.75, 3.05) is 45.5 Å². The van der Waals surface area contributed by atoms with E-state index in [4.69, 9.17) is 45.3 Å². The molecule has 1 saturated heterocycles. The summed E-state index contributed by atoms with van der Waals surface area (Å²) in [5.41, 5.74) is 2.84. The molecule has 2 aliphatic heterocycles. The number of rotatable bonds is 20. The van der Waals surface area contributed by atoms with E-state index in [1.165, 1.54) is 12.1 Å². The van der Waals surface area contributed by atoms with Gasteiger partial charge in [-0.1, -0.05) is 42.3 Å². The van der Waals surface area contributed by atoms with Crippen LogP contribution in [0.25, 0.3) is 0 Å². The molecule has 7 atom stereocenters. The molecule has 2 aliphatic carbocycles. The third-order valence-electron chi connectivity index (χ3n) is 11.8. The van der Waals surface area contributed by atoms with Crippen molar-refractivity contribution in [3.63, 3.8) is 0 Å². The molecule has 2 heterocycles. The minimum atomic E-state index is -1.58. The molecule has 1 saturated carbocycles. The molecule has 2 aromatic rings. The first-order chi connectivity index (χ1) is 29.3. The first-order valence-corrected chi connectivity index (χ1v) is 21.9. The number of carbonyl (C=O) groups excluding carboxylic acids is 2. The van der Waals surface area contributed by atoms with Gasteiger partial charge in [-0.05, 0) is 98.8 Å². The Kier molecular flexibility index (Phi) is 16.7. The second kappa shape index (κ2) is 22.1. The van der Waals surface area contributed by atoms with Gasteiger partial charge < -0.3 is 44.1 Å². The van der Waals surface area contributed by atoms with Gasteiger partial charge in [-0.25, -0.2) is 14.0 Å². The average molecular weight is 856 g/mol. The number of oxime groups is 1. The lowest BCUT2D eigenvalue weighted by molar-refractivity contribution is -0.256. The van der Waals surface area contributed by atoms with Crippen LogP contribution < -0.4 is 14.8 Å². The van der Waals surface area contributed by atoms with Crippen molar-refractivity contribution < 1.29 is 52.7 Å². The molecular formula is C45H59ClFN3O10. The van der Waals surface area contributed by atoms with Crippen LogP contribution >= 0.6 is 11.6 Å². The summed E-state index contributed by atoms with van der Waals surface area (Å²) in [5, 5.41) is 27.3. The fourth-order valence-electron chi connectivity index (χ4n) is 9.21. The molecule has 0 bridgehead atoms. The van der Waals surface area contributed by atoms with Crippen molar-refractivity contribution in [1.82, 2.24) is 10.2 Å². The Morgan fingerprint density at radius 3 is 2.58 bits per heavy atom.